The van der Waals surface area contributed by atoms with E-state index >= 15 is 0 Å². The molecule has 3 nitrogen and oxygen atoms in total. The van der Waals surface area contributed by atoms with Crippen LogP contribution in [0.25, 0.3) is 0 Å². The molecule has 6 rings (SSSR count). The topological polar surface area (TPSA) is 27.7 Å². The predicted octanol–water partition coefficient (Wildman–Crippen LogP) is 11.9. The van der Waals surface area contributed by atoms with E-state index in [0.717, 1.165) is 63.1 Å². The fourth-order valence-corrected chi connectivity index (χ4v) is 6.14. The number of aryl methyl sites for hydroxylation is 1. The Morgan fingerprint density at radius 3 is 1.42 bits per heavy atom. The van der Waals surface area contributed by atoms with E-state index in [1.54, 1.807) is 0 Å². The van der Waals surface area contributed by atoms with Crippen LogP contribution in [0.15, 0.2) is 30.3 Å². The van der Waals surface area contributed by atoms with E-state index in [1.807, 2.05) is 6.07 Å². The number of ether oxygens (including phenoxy) is 3. The number of rotatable bonds is 4. The Bertz CT molecular complexity index is 646. The molecule has 3 atom stereocenters. The van der Waals surface area contributed by atoms with Crippen LogP contribution >= 0.6 is 0 Å². The van der Waals surface area contributed by atoms with E-state index in [-0.39, 0.29) is 0 Å². The second kappa shape index (κ2) is 28.6. The highest BCUT2D eigenvalue weighted by molar-refractivity contribution is 5.13. The first kappa shape index (κ1) is 40.1. The Morgan fingerprint density at radius 1 is 0.535 bits per heavy atom. The van der Waals surface area contributed by atoms with Crippen LogP contribution in [-0.4, -0.2) is 39.1 Å². The van der Waals surface area contributed by atoms with Crippen molar-refractivity contribution in [2.75, 3.05) is 33.0 Å². The minimum atomic E-state index is 0.597. The molecule has 0 bridgehead atoms. The van der Waals surface area contributed by atoms with Crippen molar-refractivity contribution in [1.29, 1.82) is 0 Å². The van der Waals surface area contributed by atoms with Crippen molar-refractivity contribution < 1.29 is 14.2 Å². The summed E-state index contributed by atoms with van der Waals surface area (Å²) in [4.78, 5) is 0. The van der Waals surface area contributed by atoms with Gasteiger partial charge in [-0.1, -0.05) is 149 Å². The maximum atomic E-state index is 5.30. The van der Waals surface area contributed by atoms with Gasteiger partial charge < -0.3 is 14.2 Å². The van der Waals surface area contributed by atoms with Crippen LogP contribution in [-0.2, 0) is 20.6 Å². The summed E-state index contributed by atoms with van der Waals surface area (Å²) in [5.41, 5.74) is 1.41. The second-order valence-electron chi connectivity index (χ2n) is 13.6. The molecule has 43 heavy (non-hydrogen) atoms. The zero-order valence-electron chi connectivity index (χ0n) is 29.8. The summed E-state index contributed by atoms with van der Waals surface area (Å²) in [5.74, 6) is 3.82. The number of hydrogen-bond donors (Lipinski definition) is 0. The van der Waals surface area contributed by atoms with Crippen molar-refractivity contribution in [3.05, 3.63) is 35.9 Å². The van der Waals surface area contributed by atoms with E-state index < -0.39 is 0 Å². The largest absolute Gasteiger partial charge is 0.381 e. The summed E-state index contributed by atoms with van der Waals surface area (Å²) in [5, 5.41) is 0. The summed E-state index contributed by atoms with van der Waals surface area (Å²) < 4.78 is 15.5. The first-order valence-electron chi connectivity index (χ1n) is 18.8. The van der Waals surface area contributed by atoms with Gasteiger partial charge in [0, 0.05) is 33.0 Å². The SMILES string of the molecule is CC1CCCCC1.CC1CCOC1.CCC1CCCCC1.CCC1CCCO1.CCC1CCOC1.CCc1ccccc1. The van der Waals surface area contributed by atoms with Crippen LogP contribution in [0.4, 0.5) is 0 Å². The molecule has 3 aliphatic heterocycles. The highest BCUT2D eigenvalue weighted by Gasteiger charge is 2.12. The molecule has 1 aromatic rings. The van der Waals surface area contributed by atoms with Gasteiger partial charge in [0.15, 0.2) is 0 Å². The Kier molecular flexibility index (Phi) is 26.7. The molecule has 3 heterocycles. The maximum Gasteiger partial charge on any atom is 0.0573 e. The maximum absolute atomic E-state index is 5.30. The highest BCUT2D eigenvalue weighted by Crippen LogP contribution is 2.25. The predicted molar refractivity (Wildman–Crippen MR) is 188 cm³/mol. The Morgan fingerprint density at radius 2 is 1.14 bits per heavy atom. The minimum Gasteiger partial charge on any atom is -0.381 e. The standard InChI is InChI=1S/C8H16.C8H10.C7H14.2C6H12O.C5H10O/c2*1-2-8-6-4-3-5-7-8;1-7-5-3-2-4-6-7;1-2-6-3-4-7-5-6;1-2-6-4-3-5-7-6;1-5-2-3-6-4-5/h8H,2-7H2,1H3;3-7H,2H2,1H3;7H,2-6H2,1H3;2*6H,2-5H2,1H3;5H,2-4H2,1H3. The summed E-state index contributed by atoms with van der Waals surface area (Å²) in [6, 6.07) is 10.5. The molecule has 2 saturated carbocycles. The van der Waals surface area contributed by atoms with Crippen LogP contribution < -0.4 is 0 Å². The monoisotopic (exact) mass is 603 g/mol. The van der Waals surface area contributed by atoms with E-state index in [4.69, 9.17) is 14.2 Å². The van der Waals surface area contributed by atoms with Crippen molar-refractivity contribution in [2.24, 2.45) is 23.7 Å². The lowest BCUT2D eigenvalue weighted by molar-refractivity contribution is 0.108. The molecule has 3 saturated heterocycles. The highest BCUT2D eigenvalue weighted by atomic mass is 16.5. The molecule has 0 aromatic heterocycles. The lowest BCUT2D eigenvalue weighted by Gasteiger charge is -2.18. The Labute approximate surface area is 269 Å². The lowest BCUT2D eigenvalue weighted by Crippen LogP contribution is -2.03. The Hall–Kier alpha value is -0.900. The minimum absolute atomic E-state index is 0.597. The molecule has 0 amide bonds. The van der Waals surface area contributed by atoms with Crippen LogP contribution in [0.2, 0.25) is 0 Å². The van der Waals surface area contributed by atoms with Crippen molar-refractivity contribution in [2.45, 2.75) is 163 Å². The van der Waals surface area contributed by atoms with Gasteiger partial charge in [0.25, 0.3) is 0 Å². The van der Waals surface area contributed by atoms with Gasteiger partial charge in [0.05, 0.1) is 6.10 Å². The molecular weight excluding hydrogens is 528 g/mol. The number of benzene rings is 1. The third-order valence-electron chi connectivity index (χ3n) is 9.69. The molecule has 0 N–H and O–H groups in total. The van der Waals surface area contributed by atoms with E-state index in [0.29, 0.717) is 6.10 Å². The molecule has 0 radical (unpaired) electrons. The van der Waals surface area contributed by atoms with E-state index in [1.165, 1.54) is 115 Å². The van der Waals surface area contributed by atoms with Crippen LogP contribution in [0.3, 0.4) is 0 Å². The lowest BCUT2D eigenvalue weighted by atomic mass is 9.88. The second-order valence-corrected chi connectivity index (χ2v) is 13.6. The first-order chi connectivity index (χ1) is 21.0. The van der Waals surface area contributed by atoms with Gasteiger partial charge in [0.1, 0.15) is 0 Å². The van der Waals surface area contributed by atoms with Gasteiger partial charge in [-0.25, -0.2) is 0 Å². The molecule has 5 fully saturated rings. The molecule has 5 aliphatic rings. The molecule has 2 aliphatic carbocycles. The third kappa shape index (κ3) is 23.1. The van der Waals surface area contributed by atoms with Gasteiger partial charge in [0.2, 0.25) is 0 Å². The summed E-state index contributed by atoms with van der Waals surface area (Å²) >= 11 is 0. The van der Waals surface area contributed by atoms with Gasteiger partial charge in [-0.3, -0.25) is 0 Å². The number of hydrogen-bond acceptors (Lipinski definition) is 3. The van der Waals surface area contributed by atoms with Gasteiger partial charge in [-0.2, -0.15) is 0 Å². The van der Waals surface area contributed by atoms with Crippen molar-refractivity contribution in [3.8, 4) is 0 Å². The third-order valence-corrected chi connectivity index (χ3v) is 9.69. The van der Waals surface area contributed by atoms with Crippen molar-refractivity contribution in [1.82, 2.24) is 0 Å². The normalized spacial score (nSPS) is 25.2. The van der Waals surface area contributed by atoms with Crippen LogP contribution in [0.1, 0.15) is 156 Å². The van der Waals surface area contributed by atoms with E-state index in [2.05, 4.69) is 65.8 Å². The van der Waals surface area contributed by atoms with Gasteiger partial charge in [-0.05, 0) is 67.8 Å². The Balaban J connectivity index is 0.000000259. The van der Waals surface area contributed by atoms with Crippen molar-refractivity contribution in [3.63, 3.8) is 0 Å². The smallest absolute Gasteiger partial charge is 0.0573 e. The fraction of sp³-hybridized carbons (Fsp3) is 0.850. The first-order valence-corrected chi connectivity index (χ1v) is 18.8. The zero-order chi connectivity index (χ0) is 31.4. The van der Waals surface area contributed by atoms with Crippen LogP contribution in [0, 0.1) is 23.7 Å². The molecule has 1 aromatic carbocycles. The van der Waals surface area contributed by atoms with Crippen molar-refractivity contribution >= 4 is 0 Å². The average molecular weight is 603 g/mol. The fourth-order valence-electron chi connectivity index (χ4n) is 6.14. The quantitative estimate of drug-likeness (QED) is 0.343. The van der Waals surface area contributed by atoms with E-state index in [9.17, 15) is 0 Å². The molecule has 0 spiro atoms. The summed E-state index contributed by atoms with van der Waals surface area (Å²) in [6.07, 6.45) is 25.7. The summed E-state index contributed by atoms with van der Waals surface area (Å²) in [7, 11) is 0. The van der Waals surface area contributed by atoms with Crippen LogP contribution in [0.5, 0.6) is 0 Å². The molecule has 3 unspecified atom stereocenters. The van der Waals surface area contributed by atoms with Gasteiger partial charge in [-0.15, -0.1) is 0 Å². The molecular formula is C40H74O3. The molecule has 252 valence electrons. The summed E-state index contributed by atoms with van der Waals surface area (Å²) in [6.45, 7) is 18.4. The van der Waals surface area contributed by atoms with Gasteiger partial charge >= 0.3 is 0 Å². The zero-order valence-corrected chi connectivity index (χ0v) is 29.8. The molecule has 3 heteroatoms. The average Bonchev–Trinajstić information content (AvgIpc) is 3.89.